The maximum Gasteiger partial charge on any atom is 0.265 e. The van der Waals surface area contributed by atoms with E-state index in [2.05, 4.69) is 24.3 Å². The molecule has 0 aromatic heterocycles. The van der Waals surface area contributed by atoms with Crippen LogP contribution in [-0.4, -0.2) is 32.4 Å². The predicted octanol–water partition coefficient (Wildman–Crippen LogP) is 4.86. The van der Waals surface area contributed by atoms with E-state index in [1.54, 1.807) is 12.1 Å². The number of nitrogens with zero attached hydrogens (tertiary/aromatic N) is 1. The summed E-state index contributed by atoms with van der Waals surface area (Å²) in [4.78, 5) is 17.0. The Morgan fingerprint density at radius 2 is 1.96 bits per heavy atom. The Labute approximate surface area is 170 Å². The van der Waals surface area contributed by atoms with Gasteiger partial charge in [-0.3, -0.25) is 4.79 Å². The molecule has 2 aromatic carbocycles. The minimum Gasteiger partial charge on any atom is -0.493 e. The molecule has 7 heteroatoms. The maximum absolute atomic E-state index is 11.9. The number of ether oxygens (including phenoxy) is 2. The van der Waals surface area contributed by atoms with Crippen molar-refractivity contribution in [1.29, 1.82) is 0 Å². The SMILES string of the molecule is CCOc1c(Cl)cc(/C=N\OCC(=O)Nc2ccc(C(C)C)cc2)cc1OC. The molecule has 1 amide bonds. The van der Waals surface area contributed by atoms with E-state index in [0.717, 1.165) is 0 Å². The molecular formula is C21H25ClN2O4. The third-order valence-corrected chi connectivity index (χ3v) is 4.15. The van der Waals surface area contributed by atoms with Gasteiger partial charge in [-0.2, -0.15) is 0 Å². The summed E-state index contributed by atoms with van der Waals surface area (Å²) in [5.74, 6) is 1.12. The molecule has 28 heavy (non-hydrogen) atoms. The molecule has 0 fully saturated rings. The smallest absolute Gasteiger partial charge is 0.265 e. The van der Waals surface area contributed by atoms with Crippen molar-refractivity contribution in [2.75, 3.05) is 25.6 Å². The molecule has 2 rings (SSSR count). The molecule has 1 N–H and O–H groups in total. The molecule has 0 saturated carbocycles. The van der Waals surface area contributed by atoms with Crippen LogP contribution in [-0.2, 0) is 9.63 Å². The minimum absolute atomic E-state index is 0.204. The van der Waals surface area contributed by atoms with E-state index in [-0.39, 0.29) is 12.5 Å². The lowest BCUT2D eigenvalue weighted by Crippen LogP contribution is -2.16. The number of nitrogens with one attached hydrogen (secondary N) is 1. The van der Waals surface area contributed by atoms with Crippen molar-refractivity contribution in [2.24, 2.45) is 5.16 Å². The summed E-state index contributed by atoms with van der Waals surface area (Å²) in [5, 5.41) is 6.98. The molecule has 0 bridgehead atoms. The molecule has 0 spiro atoms. The first kappa shape index (κ1) is 21.6. The first-order valence-electron chi connectivity index (χ1n) is 9.00. The number of amides is 1. The van der Waals surface area contributed by atoms with Crippen LogP contribution in [0.5, 0.6) is 11.5 Å². The van der Waals surface area contributed by atoms with Gasteiger partial charge in [-0.25, -0.2) is 0 Å². The zero-order valence-electron chi connectivity index (χ0n) is 16.5. The van der Waals surface area contributed by atoms with Crippen LogP contribution in [0.15, 0.2) is 41.6 Å². The lowest BCUT2D eigenvalue weighted by atomic mass is 10.0. The Balaban J connectivity index is 1.89. The fraction of sp³-hybridized carbons (Fsp3) is 0.333. The second-order valence-corrected chi connectivity index (χ2v) is 6.71. The summed E-state index contributed by atoms with van der Waals surface area (Å²) in [7, 11) is 1.53. The largest absolute Gasteiger partial charge is 0.493 e. The molecule has 0 saturated heterocycles. The number of anilines is 1. The molecule has 0 radical (unpaired) electrons. The normalized spacial score (nSPS) is 10.9. The number of carbonyl (C=O) groups excluding carboxylic acids is 1. The lowest BCUT2D eigenvalue weighted by molar-refractivity contribution is -0.120. The Morgan fingerprint density at radius 3 is 2.57 bits per heavy atom. The first-order valence-corrected chi connectivity index (χ1v) is 9.37. The quantitative estimate of drug-likeness (QED) is 0.478. The number of methoxy groups -OCH3 is 1. The van der Waals surface area contributed by atoms with Gasteiger partial charge in [-0.1, -0.05) is 42.7 Å². The van der Waals surface area contributed by atoms with Crippen molar-refractivity contribution in [3.63, 3.8) is 0 Å². The highest BCUT2D eigenvalue weighted by atomic mass is 35.5. The Hall–Kier alpha value is -2.73. The third kappa shape index (κ3) is 6.16. The van der Waals surface area contributed by atoms with Crippen LogP contribution in [0, 0.1) is 0 Å². The van der Waals surface area contributed by atoms with Gasteiger partial charge in [0.1, 0.15) is 0 Å². The molecule has 0 unspecified atom stereocenters. The van der Waals surface area contributed by atoms with Crippen molar-refractivity contribution in [3.05, 3.63) is 52.5 Å². The van der Waals surface area contributed by atoms with E-state index in [9.17, 15) is 4.79 Å². The van der Waals surface area contributed by atoms with E-state index in [4.69, 9.17) is 25.9 Å². The number of carbonyl (C=O) groups is 1. The summed E-state index contributed by atoms with van der Waals surface area (Å²) < 4.78 is 10.7. The van der Waals surface area contributed by atoms with Gasteiger partial charge in [0.15, 0.2) is 18.1 Å². The number of hydrogen-bond acceptors (Lipinski definition) is 5. The van der Waals surface area contributed by atoms with E-state index in [0.29, 0.717) is 40.3 Å². The van der Waals surface area contributed by atoms with Crippen LogP contribution in [0.2, 0.25) is 5.02 Å². The minimum atomic E-state index is -0.295. The number of rotatable bonds is 9. The fourth-order valence-electron chi connectivity index (χ4n) is 2.44. The summed E-state index contributed by atoms with van der Waals surface area (Å²) in [6, 6.07) is 11.1. The second kappa shape index (κ2) is 10.6. The van der Waals surface area contributed by atoms with Crippen molar-refractivity contribution in [1.82, 2.24) is 0 Å². The number of hydrogen-bond donors (Lipinski definition) is 1. The maximum atomic E-state index is 11.9. The van der Waals surface area contributed by atoms with E-state index >= 15 is 0 Å². The van der Waals surface area contributed by atoms with Gasteiger partial charge in [0, 0.05) is 11.3 Å². The third-order valence-electron chi connectivity index (χ3n) is 3.87. The Morgan fingerprint density at radius 1 is 1.25 bits per heavy atom. The molecule has 150 valence electrons. The van der Waals surface area contributed by atoms with Gasteiger partial charge < -0.3 is 19.6 Å². The highest BCUT2D eigenvalue weighted by molar-refractivity contribution is 6.32. The molecule has 2 aromatic rings. The summed E-state index contributed by atoms with van der Waals surface area (Å²) in [6.45, 7) is 6.37. The number of oxime groups is 1. The van der Waals surface area contributed by atoms with Gasteiger partial charge in [0.05, 0.1) is 25.0 Å². The topological polar surface area (TPSA) is 69.2 Å². The van der Waals surface area contributed by atoms with E-state index in [1.807, 2.05) is 31.2 Å². The zero-order valence-corrected chi connectivity index (χ0v) is 17.2. The van der Waals surface area contributed by atoms with Crippen molar-refractivity contribution in [2.45, 2.75) is 26.7 Å². The number of benzene rings is 2. The standard InChI is InChI=1S/C21H25ClN2O4/c1-5-27-21-18(22)10-15(11-19(21)26-4)12-23-28-13-20(25)24-17-8-6-16(7-9-17)14(2)3/h6-12,14H,5,13H2,1-4H3,(H,24,25)/b23-12-. The number of halogens is 1. The van der Waals surface area contributed by atoms with Gasteiger partial charge in [-0.05, 0) is 42.7 Å². The predicted molar refractivity (Wildman–Crippen MR) is 112 cm³/mol. The van der Waals surface area contributed by atoms with Crippen molar-refractivity contribution >= 4 is 29.4 Å². The molecule has 0 aliphatic carbocycles. The van der Waals surface area contributed by atoms with Crippen molar-refractivity contribution < 1.29 is 19.1 Å². The average molecular weight is 405 g/mol. The molecule has 0 aliphatic heterocycles. The highest BCUT2D eigenvalue weighted by Crippen LogP contribution is 2.36. The van der Waals surface area contributed by atoms with Crippen LogP contribution < -0.4 is 14.8 Å². The van der Waals surface area contributed by atoms with Crippen LogP contribution in [0.1, 0.15) is 37.8 Å². The molecule has 0 aliphatic rings. The van der Waals surface area contributed by atoms with Crippen molar-refractivity contribution in [3.8, 4) is 11.5 Å². The van der Waals surface area contributed by atoms with E-state index in [1.165, 1.54) is 18.9 Å². The van der Waals surface area contributed by atoms with Crippen LogP contribution in [0.25, 0.3) is 0 Å². The van der Waals surface area contributed by atoms with Gasteiger partial charge in [-0.15, -0.1) is 0 Å². The summed E-state index contributed by atoms with van der Waals surface area (Å²) in [5.41, 5.74) is 2.59. The molecule has 0 heterocycles. The molecule has 0 atom stereocenters. The lowest BCUT2D eigenvalue weighted by Gasteiger charge is -2.11. The van der Waals surface area contributed by atoms with Crippen LogP contribution in [0.3, 0.4) is 0 Å². The monoisotopic (exact) mass is 404 g/mol. The Bertz CT molecular complexity index is 820. The highest BCUT2D eigenvalue weighted by Gasteiger charge is 2.11. The molecule has 6 nitrogen and oxygen atoms in total. The van der Waals surface area contributed by atoms with E-state index < -0.39 is 0 Å². The van der Waals surface area contributed by atoms with Crippen LogP contribution >= 0.6 is 11.6 Å². The fourth-order valence-corrected chi connectivity index (χ4v) is 2.71. The first-order chi connectivity index (χ1) is 13.4. The summed E-state index contributed by atoms with van der Waals surface area (Å²) >= 11 is 6.20. The second-order valence-electron chi connectivity index (χ2n) is 6.30. The Kier molecular flexibility index (Phi) is 8.14. The van der Waals surface area contributed by atoms with Gasteiger partial charge in [0.2, 0.25) is 0 Å². The van der Waals surface area contributed by atoms with Gasteiger partial charge in [0.25, 0.3) is 5.91 Å². The molecular weight excluding hydrogens is 380 g/mol. The van der Waals surface area contributed by atoms with Gasteiger partial charge >= 0.3 is 0 Å². The average Bonchev–Trinajstić information content (AvgIpc) is 2.67. The van der Waals surface area contributed by atoms with Crippen LogP contribution in [0.4, 0.5) is 5.69 Å². The summed E-state index contributed by atoms with van der Waals surface area (Å²) in [6.07, 6.45) is 1.45. The zero-order chi connectivity index (χ0) is 20.5.